The van der Waals surface area contributed by atoms with Gasteiger partial charge in [-0.25, -0.2) is 0 Å². The fraction of sp³-hybridized carbons (Fsp3) is 0.860. The first-order valence-electron chi connectivity index (χ1n) is 20.2. The number of hydrogen-bond donors (Lipinski definition) is 3. The van der Waals surface area contributed by atoms with Crippen molar-refractivity contribution in [3.63, 3.8) is 0 Å². The molecule has 6 saturated carbocycles. The predicted molar refractivity (Wildman–Crippen MR) is 188 cm³/mol. The molecular formula is C43H64O5. The standard InChI is InChI=1S/C43H64O5/c1-7-25-10-13-34-31-12-8-26-18-28(45)16-17-39(26,3)38(31)43(48,23-41(25,34)5)36-20-29(46)19-27-9-11-30-33-15-14-32(24(2)22-44)40(33,4)21-35(47)37(30)42(27,36)6/h18-19,24-25,30-38,44,47-48H,7-17,20-23H2,1-6H3/t24?,25-,30-,31-,32+,33-,34-,35?,36?,37+,38-,39-,40+,41+,42+,43?/m0/s1. The van der Waals surface area contributed by atoms with E-state index in [0.29, 0.717) is 48.3 Å². The Morgan fingerprint density at radius 3 is 2.25 bits per heavy atom. The summed E-state index contributed by atoms with van der Waals surface area (Å²) >= 11 is 0. The van der Waals surface area contributed by atoms with Crippen molar-refractivity contribution in [2.45, 2.75) is 143 Å². The highest BCUT2D eigenvalue weighted by molar-refractivity contribution is 5.92. The molecule has 16 atom stereocenters. The summed E-state index contributed by atoms with van der Waals surface area (Å²) in [6, 6.07) is 0. The lowest BCUT2D eigenvalue weighted by Crippen LogP contribution is -2.70. The third kappa shape index (κ3) is 4.25. The second-order valence-corrected chi connectivity index (χ2v) is 19.8. The normalized spacial score (nSPS) is 54.9. The van der Waals surface area contributed by atoms with Crippen molar-refractivity contribution in [3.8, 4) is 0 Å². The van der Waals surface area contributed by atoms with E-state index < -0.39 is 17.1 Å². The molecule has 0 aromatic carbocycles. The van der Waals surface area contributed by atoms with Crippen molar-refractivity contribution in [1.29, 1.82) is 0 Å². The fourth-order valence-corrected chi connectivity index (χ4v) is 16.6. The Hall–Kier alpha value is -1.30. The molecule has 0 aromatic rings. The molecule has 5 heteroatoms. The van der Waals surface area contributed by atoms with E-state index in [0.717, 1.165) is 64.2 Å². The summed E-state index contributed by atoms with van der Waals surface area (Å²) in [6.45, 7) is 14.4. The number of aliphatic hydroxyl groups is 3. The number of fused-ring (bicyclic) bond motifs is 10. The smallest absolute Gasteiger partial charge is 0.156 e. The Kier molecular flexibility index (Phi) is 7.82. The van der Waals surface area contributed by atoms with E-state index in [1.165, 1.54) is 24.0 Å². The summed E-state index contributed by atoms with van der Waals surface area (Å²) in [4.78, 5) is 26.8. The van der Waals surface area contributed by atoms with Gasteiger partial charge in [-0.05, 0) is 146 Å². The lowest BCUT2D eigenvalue weighted by Gasteiger charge is -2.70. The summed E-state index contributed by atoms with van der Waals surface area (Å²) in [5, 5.41) is 36.9. The Labute approximate surface area is 289 Å². The van der Waals surface area contributed by atoms with E-state index in [-0.39, 0.29) is 58.1 Å². The molecule has 8 rings (SSSR count). The van der Waals surface area contributed by atoms with Crippen LogP contribution >= 0.6 is 0 Å². The second kappa shape index (κ2) is 11.1. The molecule has 0 aromatic heterocycles. The van der Waals surface area contributed by atoms with Crippen LogP contribution in [0.5, 0.6) is 0 Å². The number of rotatable bonds is 4. The minimum Gasteiger partial charge on any atom is -0.396 e. The van der Waals surface area contributed by atoms with Crippen molar-refractivity contribution >= 4 is 11.6 Å². The molecule has 266 valence electrons. The van der Waals surface area contributed by atoms with Crippen LogP contribution in [0.1, 0.15) is 131 Å². The van der Waals surface area contributed by atoms with E-state index in [9.17, 15) is 24.9 Å². The molecule has 0 radical (unpaired) electrons. The largest absolute Gasteiger partial charge is 0.396 e. The summed E-state index contributed by atoms with van der Waals surface area (Å²) in [6.07, 6.45) is 16.2. The third-order valence-corrected chi connectivity index (χ3v) is 18.3. The van der Waals surface area contributed by atoms with Gasteiger partial charge in [0, 0.05) is 36.7 Å². The SMILES string of the molecule is CC[C@H]1CC[C@H]2[C@@H]3CCC4=CC(=O)CC[C@]4(C)[C@H]3C(O)(C3CC(=O)C=C4CC[C@H]5[C@@H]6CC[C@H](C(C)CO)[C@@]6(C)CC(O)[C@@H]5[C@]43C)C[C@]12C. The summed E-state index contributed by atoms with van der Waals surface area (Å²) in [5.74, 6) is 3.13. The molecule has 0 aliphatic heterocycles. The molecule has 4 unspecified atom stereocenters. The van der Waals surface area contributed by atoms with Crippen LogP contribution in [0, 0.1) is 80.8 Å². The highest BCUT2D eigenvalue weighted by Crippen LogP contribution is 2.75. The summed E-state index contributed by atoms with van der Waals surface area (Å²) in [5.41, 5.74) is 0.662. The van der Waals surface area contributed by atoms with E-state index in [1.54, 1.807) is 0 Å². The number of aliphatic hydroxyl groups excluding tert-OH is 2. The Bertz CT molecular complexity index is 1430. The van der Waals surface area contributed by atoms with Crippen LogP contribution in [0.25, 0.3) is 0 Å². The van der Waals surface area contributed by atoms with E-state index >= 15 is 0 Å². The molecule has 0 amide bonds. The van der Waals surface area contributed by atoms with Gasteiger partial charge in [-0.2, -0.15) is 0 Å². The van der Waals surface area contributed by atoms with Gasteiger partial charge < -0.3 is 15.3 Å². The van der Waals surface area contributed by atoms with Gasteiger partial charge in [0.05, 0.1) is 11.7 Å². The minimum atomic E-state index is -1.07. The zero-order chi connectivity index (χ0) is 34.2. The second-order valence-electron chi connectivity index (χ2n) is 19.8. The molecule has 8 aliphatic rings. The van der Waals surface area contributed by atoms with Gasteiger partial charge in [0.15, 0.2) is 11.6 Å². The molecule has 0 spiro atoms. The van der Waals surface area contributed by atoms with Gasteiger partial charge in [0.2, 0.25) is 0 Å². The molecule has 0 bridgehead atoms. The molecule has 8 aliphatic carbocycles. The molecular weight excluding hydrogens is 596 g/mol. The maximum absolute atomic E-state index is 14.2. The van der Waals surface area contributed by atoms with Crippen LogP contribution in [0.2, 0.25) is 0 Å². The molecule has 3 N–H and O–H groups in total. The average Bonchev–Trinajstić information content (AvgIpc) is 3.55. The van der Waals surface area contributed by atoms with Crippen LogP contribution in [0.3, 0.4) is 0 Å². The average molecular weight is 661 g/mol. The Morgan fingerprint density at radius 1 is 0.854 bits per heavy atom. The highest BCUT2D eigenvalue weighted by atomic mass is 16.3. The van der Waals surface area contributed by atoms with E-state index in [2.05, 4.69) is 41.5 Å². The van der Waals surface area contributed by atoms with Crippen LogP contribution in [-0.4, -0.2) is 45.2 Å². The zero-order valence-electron chi connectivity index (χ0n) is 30.8. The lowest BCUT2D eigenvalue weighted by atomic mass is 9.36. The first kappa shape index (κ1) is 33.8. The fourth-order valence-electron chi connectivity index (χ4n) is 16.6. The Morgan fingerprint density at radius 2 is 1.52 bits per heavy atom. The molecule has 0 heterocycles. The number of hydrogen-bond acceptors (Lipinski definition) is 5. The molecule has 48 heavy (non-hydrogen) atoms. The maximum atomic E-state index is 14.2. The van der Waals surface area contributed by atoms with Gasteiger partial charge in [-0.15, -0.1) is 0 Å². The zero-order valence-corrected chi connectivity index (χ0v) is 30.8. The summed E-state index contributed by atoms with van der Waals surface area (Å²) < 4.78 is 0. The van der Waals surface area contributed by atoms with E-state index in [4.69, 9.17) is 0 Å². The van der Waals surface area contributed by atoms with Crippen molar-refractivity contribution < 1.29 is 24.9 Å². The van der Waals surface area contributed by atoms with Gasteiger partial charge in [0.1, 0.15) is 0 Å². The van der Waals surface area contributed by atoms with Gasteiger partial charge in [-0.3, -0.25) is 9.59 Å². The predicted octanol–water partition coefficient (Wildman–Crippen LogP) is 7.86. The third-order valence-electron chi connectivity index (χ3n) is 18.3. The quantitative estimate of drug-likeness (QED) is 0.286. The van der Waals surface area contributed by atoms with Crippen LogP contribution in [0.4, 0.5) is 0 Å². The van der Waals surface area contributed by atoms with Crippen molar-refractivity contribution in [3.05, 3.63) is 23.3 Å². The maximum Gasteiger partial charge on any atom is 0.156 e. The monoisotopic (exact) mass is 660 g/mol. The van der Waals surface area contributed by atoms with Crippen molar-refractivity contribution in [2.24, 2.45) is 80.8 Å². The van der Waals surface area contributed by atoms with Crippen molar-refractivity contribution in [1.82, 2.24) is 0 Å². The van der Waals surface area contributed by atoms with Crippen LogP contribution in [0.15, 0.2) is 23.3 Å². The number of allylic oxidation sites excluding steroid dienone is 2. The first-order chi connectivity index (χ1) is 22.7. The summed E-state index contributed by atoms with van der Waals surface area (Å²) in [7, 11) is 0. The Balaban J connectivity index is 1.28. The van der Waals surface area contributed by atoms with Gasteiger partial charge >= 0.3 is 0 Å². The van der Waals surface area contributed by atoms with E-state index in [1.807, 2.05) is 12.2 Å². The van der Waals surface area contributed by atoms with Gasteiger partial charge in [0.25, 0.3) is 0 Å². The lowest BCUT2D eigenvalue weighted by molar-refractivity contribution is -0.249. The number of carbonyl (C=O) groups is 2. The topological polar surface area (TPSA) is 94.8 Å². The van der Waals surface area contributed by atoms with Crippen LogP contribution in [-0.2, 0) is 9.59 Å². The first-order valence-corrected chi connectivity index (χ1v) is 20.2. The highest BCUT2D eigenvalue weighted by Gasteiger charge is 2.73. The van der Waals surface area contributed by atoms with Crippen molar-refractivity contribution in [2.75, 3.05) is 6.61 Å². The number of carbonyl (C=O) groups excluding carboxylic acids is 2. The number of ketones is 2. The minimum absolute atomic E-state index is 0.00278. The van der Waals surface area contributed by atoms with Crippen LogP contribution < -0.4 is 0 Å². The molecule has 0 saturated heterocycles. The van der Waals surface area contributed by atoms with Gasteiger partial charge in [-0.1, -0.05) is 59.1 Å². The molecule has 6 fully saturated rings. The molecule has 5 nitrogen and oxygen atoms in total.